The minimum atomic E-state index is -1.46. The molecule has 26 heavy (non-hydrogen) atoms. The van der Waals surface area contributed by atoms with Crippen molar-refractivity contribution >= 4 is 11.6 Å². The topological polar surface area (TPSA) is 94.8 Å². The zero-order chi connectivity index (χ0) is 18.7. The molecule has 5 heteroatoms. The molecule has 0 aliphatic heterocycles. The van der Waals surface area contributed by atoms with E-state index in [-0.39, 0.29) is 28.2 Å². The summed E-state index contributed by atoms with van der Waals surface area (Å²) in [5.41, 5.74) is 0.208. The molecule has 130 valence electrons. The summed E-state index contributed by atoms with van der Waals surface area (Å²) in [5, 5.41) is 30.1. The average molecular weight is 348 g/mol. The van der Waals surface area contributed by atoms with Crippen molar-refractivity contribution in [3.63, 3.8) is 0 Å². The minimum Gasteiger partial charge on any atom is -0.508 e. The molecule has 0 aliphatic rings. The first kappa shape index (κ1) is 17.4. The van der Waals surface area contributed by atoms with E-state index in [0.717, 1.165) is 0 Å². The van der Waals surface area contributed by atoms with E-state index in [0.29, 0.717) is 5.56 Å². The highest BCUT2D eigenvalue weighted by Gasteiger charge is 2.27. The lowest BCUT2D eigenvalue weighted by atomic mass is 9.91. The van der Waals surface area contributed by atoms with Crippen molar-refractivity contribution < 1.29 is 24.9 Å². The van der Waals surface area contributed by atoms with E-state index in [4.69, 9.17) is 0 Å². The van der Waals surface area contributed by atoms with Crippen molar-refractivity contribution in [2.24, 2.45) is 0 Å². The van der Waals surface area contributed by atoms with E-state index in [9.17, 15) is 24.9 Å². The molecular formula is C21H16O5. The summed E-state index contributed by atoms with van der Waals surface area (Å²) in [6.07, 6.45) is -1.46. The predicted molar refractivity (Wildman–Crippen MR) is 95.4 cm³/mol. The Balaban J connectivity index is 2.05. The number of rotatable bonds is 5. The van der Waals surface area contributed by atoms with Crippen LogP contribution in [0.2, 0.25) is 0 Å². The standard InChI is InChI=1S/C21H16O5/c22-15-9-4-8-14(12-15)19(24)18-16(10-5-11-17(18)23)21(26)20(25)13-6-2-1-3-7-13/h1-12,20,22-23,25H. The lowest BCUT2D eigenvalue weighted by molar-refractivity contribution is 0.0743. The number of phenolic OH excluding ortho intramolecular Hbond substituents is 2. The van der Waals surface area contributed by atoms with Crippen LogP contribution in [-0.2, 0) is 0 Å². The van der Waals surface area contributed by atoms with Crippen LogP contribution < -0.4 is 0 Å². The Bertz CT molecular complexity index is 963. The van der Waals surface area contributed by atoms with Gasteiger partial charge in [-0.3, -0.25) is 9.59 Å². The number of hydrogen-bond donors (Lipinski definition) is 3. The summed E-state index contributed by atoms with van der Waals surface area (Å²) in [6.45, 7) is 0. The molecule has 0 amide bonds. The number of aliphatic hydroxyl groups is 1. The molecule has 0 heterocycles. The van der Waals surface area contributed by atoms with Gasteiger partial charge < -0.3 is 15.3 Å². The Labute approximate surface area is 149 Å². The lowest BCUT2D eigenvalue weighted by Crippen LogP contribution is -2.17. The van der Waals surface area contributed by atoms with Crippen LogP contribution in [-0.4, -0.2) is 26.9 Å². The normalized spacial score (nSPS) is 11.7. The van der Waals surface area contributed by atoms with E-state index in [1.165, 1.54) is 42.5 Å². The van der Waals surface area contributed by atoms with Gasteiger partial charge in [0.1, 0.15) is 17.6 Å². The fourth-order valence-electron chi connectivity index (χ4n) is 2.71. The molecule has 0 fully saturated rings. The van der Waals surface area contributed by atoms with Crippen molar-refractivity contribution in [3.8, 4) is 11.5 Å². The van der Waals surface area contributed by atoms with Crippen LogP contribution >= 0.6 is 0 Å². The smallest absolute Gasteiger partial charge is 0.197 e. The fourth-order valence-corrected chi connectivity index (χ4v) is 2.71. The van der Waals surface area contributed by atoms with Gasteiger partial charge in [-0.1, -0.05) is 54.6 Å². The highest BCUT2D eigenvalue weighted by Crippen LogP contribution is 2.29. The third kappa shape index (κ3) is 3.34. The van der Waals surface area contributed by atoms with Gasteiger partial charge >= 0.3 is 0 Å². The zero-order valence-electron chi connectivity index (χ0n) is 13.7. The predicted octanol–water partition coefficient (Wildman–Crippen LogP) is 3.25. The van der Waals surface area contributed by atoms with E-state index >= 15 is 0 Å². The molecule has 0 aliphatic carbocycles. The molecule has 3 rings (SSSR count). The molecule has 0 bridgehead atoms. The molecule has 5 nitrogen and oxygen atoms in total. The summed E-state index contributed by atoms with van der Waals surface area (Å²) < 4.78 is 0. The first-order valence-corrected chi connectivity index (χ1v) is 7.92. The number of aliphatic hydroxyl groups excluding tert-OH is 1. The number of phenols is 2. The Morgan fingerprint density at radius 2 is 1.50 bits per heavy atom. The molecule has 1 unspecified atom stereocenters. The second-order valence-corrected chi connectivity index (χ2v) is 5.76. The van der Waals surface area contributed by atoms with Crippen LogP contribution in [0.25, 0.3) is 0 Å². The van der Waals surface area contributed by atoms with Crippen LogP contribution in [0.5, 0.6) is 11.5 Å². The molecule has 0 radical (unpaired) electrons. The van der Waals surface area contributed by atoms with Gasteiger partial charge in [0.15, 0.2) is 11.6 Å². The van der Waals surface area contributed by atoms with Crippen LogP contribution in [0.1, 0.15) is 37.9 Å². The Hall–Kier alpha value is -3.44. The minimum absolute atomic E-state index is 0.0882. The van der Waals surface area contributed by atoms with E-state index in [1.54, 1.807) is 30.3 Å². The summed E-state index contributed by atoms with van der Waals surface area (Å²) in [4.78, 5) is 25.6. The molecule has 1 atom stereocenters. The van der Waals surface area contributed by atoms with Crippen LogP contribution in [0.3, 0.4) is 0 Å². The van der Waals surface area contributed by atoms with Crippen molar-refractivity contribution in [2.75, 3.05) is 0 Å². The van der Waals surface area contributed by atoms with E-state index in [2.05, 4.69) is 0 Å². The van der Waals surface area contributed by atoms with Crippen molar-refractivity contribution in [3.05, 3.63) is 95.1 Å². The van der Waals surface area contributed by atoms with Crippen molar-refractivity contribution in [1.29, 1.82) is 0 Å². The number of aromatic hydroxyl groups is 2. The summed E-state index contributed by atoms with van der Waals surface area (Å²) >= 11 is 0. The number of carbonyl (C=O) groups is 2. The monoisotopic (exact) mass is 348 g/mol. The van der Waals surface area contributed by atoms with Crippen molar-refractivity contribution in [2.45, 2.75) is 6.10 Å². The van der Waals surface area contributed by atoms with Gasteiger partial charge in [-0.25, -0.2) is 0 Å². The Morgan fingerprint density at radius 1 is 0.808 bits per heavy atom. The summed E-state index contributed by atoms with van der Waals surface area (Å²) in [5.74, 6) is -1.80. The van der Waals surface area contributed by atoms with Crippen molar-refractivity contribution in [1.82, 2.24) is 0 Å². The second kappa shape index (κ2) is 7.21. The van der Waals surface area contributed by atoms with Gasteiger partial charge in [0, 0.05) is 11.1 Å². The Kier molecular flexibility index (Phi) is 4.82. The maximum atomic E-state index is 12.8. The number of Topliss-reactive ketones (excluding diaryl/α,β-unsaturated/α-hetero) is 1. The number of ketones is 2. The third-order valence-corrected chi connectivity index (χ3v) is 4.01. The molecule has 3 aromatic rings. The zero-order valence-corrected chi connectivity index (χ0v) is 13.7. The van der Waals surface area contributed by atoms with E-state index < -0.39 is 17.7 Å². The molecular weight excluding hydrogens is 332 g/mol. The second-order valence-electron chi connectivity index (χ2n) is 5.76. The van der Waals surface area contributed by atoms with Crippen LogP contribution in [0, 0.1) is 0 Å². The molecule has 0 saturated heterocycles. The lowest BCUT2D eigenvalue weighted by Gasteiger charge is -2.14. The first-order chi connectivity index (χ1) is 12.5. The highest BCUT2D eigenvalue weighted by molar-refractivity contribution is 6.18. The first-order valence-electron chi connectivity index (χ1n) is 7.92. The SMILES string of the molecule is O=C(c1cccc(O)c1)c1c(O)cccc1C(=O)C(O)c1ccccc1. The average Bonchev–Trinajstić information content (AvgIpc) is 2.67. The van der Waals surface area contributed by atoms with Gasteiger partial charge in [-0.05, 0) is 23.8 Å². The molecule has 0 aromatic heterocycles. The molecule has 0 saturated carbocycles. The summed E-state index contributed by atoms with van der Waals surface area (Å²) in [6, 6.07) is 18.0. The van der Waals surface area contributed by atoms with Crippen LogP contribution in [0.15, 0.2) is 72.8 Å². The number of carbonyl (C=O) groups excluding carboxylic acids is 2. The Morgan fingerprint density at radius 3 is 2.19 bits per heavy atom. The maximum Gasteiger partial charge on any atom is 0.197 e. The van der Waals surface area contributed by atoms with Gasteiger partial charge in [0.05, 0.1) is 5.56 Å². The van der Waals surface area contributed by atoms with Gasteiger partial charge in [-0.15, -0.1) is 0 Å². The molecule has 3 aromatic carbocycles. The largest absolute Gasteiger partial charge is 0.508 e. The number of hydrogen-bond acceptors (Lipinski definition) is 5. The fraction of sp³-hybridized carbons (Fsp3) is 0.0476. The highest BCUT2D eigenvalue weighted by atomic mass is 16.3. The molecule has 0 spiro atoms. The number of benzene rings is 3. The van der Waals surface area contributed by atoms with Gasteiger partial charge in [0.2, 0.25) is 0 Å². The van der Waals surface area contributed by atoms with Gasteiger partial charge in [-0.2, -0.15) is 0 Å². The summed E-state index contributed by atoms with van der Waals surface area (Å²) in [7, 11) is 0. The quantitative estimate of drug-likeness (QED) is 0.615. The van der Waals surface area contributed by atoms with Crippen LogP contribution in [0.4, 0.5) is 0 Å². The van der Waals surface area contributed by atoms with E-state index in [1.807, 2.05) is 0 Å². The third-order valence-electron chi connectivity index (χ3n) is 4.01. The molecule has 3 N–H and O–H groups in total. The van der Waals surface area contributed by atoms with Gasteiger partial charge in [0.25, 0.3) is 0 Å². The maximum absolute atomic E-state index is 12.8.